The summed E-state index contributed by atoms with van der Waals surface area (Å²) in [5.41, 5.74) is 8.35. The highest BCUT2D eigenvalue weighted by molar-refractivity contribution is 6.13. The third-order valence-electron chi connectivity index (χ3n) is 3.45. The molecule has 0 saturated carbocycles. The number of amides is 1. The molecule has 1 amide bonds. The number of phenolic OH excluding ortho intramolecular Hbond substituents is 1. The Labute approximate surface area is 127 Å². The van der Waals surface area contributed by atoms with Gasteiger partial charge in [0.15, 0.2) is 0 Å². The van der Waals surface area contributed by atoms with E-state index in [1.54, 1.807) is 30.5 Å². The van der Waals surface area contributed by atoms with E-state index in [4.69, 9.17) is 5.73 Å². The molecule has 1 aromatic heterocycles. The van der Waals surface area contributed by atoms with Crippen LogP contribution >= 0.6 is 0 Å². The minimum atomic E-state index is -0.346. The van der Waals surface area contributed by atoms with Crippen molar-refractivity contribution in [3.63, 3.8) is 0 Å². The van der Waals surface area contributed by atoms with Crippen LogP contribution in [0.1, 0.15) is 16.1 Å². The molecule has 5 nitrogen and oxygen atoms in total. The van der Waals surface area contributed by atoms with Gasteiger partial charge in [0.05, 0.1) is 0 Å². The number of carbonyl (C=O) groups excluding carboxylic acids is 1. The minimum absolute atomic E-state index is 0.0868. The van der Waals surface area contributed by atoms with E-state index < -0.39 is 0 Å². The lowest BCUT2D eigenvalue weighted by atomic mass is 10.0. The average molecular weight is 293 g/mol. The van der Waals surface area contributed by atoms with Gasteiger partial charge in [0.1, 0.15) is 11.4 Å². The van der Waals surface area contributed by atoms with E-state index in [2.05, 4.69) is 10.3 Å². The van der Waals surface area contributed by atoms with Crippen LogP contribution in [0.15, 0.2) is 48.7 Å². The third kappa shape index (κ3) is 2.44. The number of hydrogen-bond donors (Lipinski definition) is 3. The molecule has 3 rings (SSSR count). The lowest BCUT2D eigenvalue weighted by molar-refractivity contribution is 0.102. The number of anilines is 2. The van der Waals surface area contributed by atoms with E-state index in [1.165, 1.54) is 12.1 Å². The van der Waals surface area contributed by atoms with Crippen molar-refractivity contribution in [2.75, 3.05) is 11.1 Å². The maximum Gasteiger partial charge on any atom is 0.274 e. The van der Waals surface area contributed by atoms with E-state index in [0.717, 1.165) is 10.9 Å². The first-order valence-corrected chi connectivity index (χ1v) is 6.80. The van der Waals surface area contributed by atoms with E-state index in [1.807, 2.05) is 13.0 Å². The highest BCUT2D eigenvalue weighted by Crippen LogP contribution is 2.26. The molecule has 0 saturated heterocycles. The number of rotatable bonds is 2. The fourth-order valence-electron chi connectivity index (χ4n) is 2.46. The summed E-state index contributed by atoms with van der Waals surface area (Å²) in [4.78, 5) is 16.7. The molecule has 0 radical (unpaired) electrons. The number of aryl methyl sites for hydroxylation is 1. The molecule has 5 heteroatoms. The van der Waals surface area contributed by atoms with Crippen molar-refractivity contribution in [1.29, 1.82) is 0 Å². The van der Waals surface area contributed by atoms with Gasteiger partial charge in [-0.15, -0.1) is 0 Å². The van der Waals surface area contributed by atoms with Gasteiger partial charge in [-0.1, -0.05) is 18.2 Å². The second kappa shape index (κ2) is 5.37. The zero-order chi connectivity index (χ0) is 15.7. The van der Waals surface area contributed by atoms with E-state index in [9.17, 15) is 9.90 Å². The topological polar surface area (TPSA) is 88.2 Å². The number of nitrogens with two attached hydrogens (primary N) is 1. The van der Waals surface area contributed by atoms with Crippen LogP contribution in [0.2, 0.25) is 0 Å². The van der Waals surface area contributed by atoms with Crippen molar-refractivity contribution in [2.24, 2.45) is 0 Å². The number of pyridine rings is 1. The summed E-state index contributed by atoms with van der Waals surface area (Å²) < 4.78 is 0. The van der Waals surface area contributed by atoms with Gasteiger partial charge in [0, 0.05) is 34.4 Å². The van der Waals surface area contributed by atoms with Crippen LogP contribution in [-0.2, 0) is 0 Å². The highest BCUT2D eigenvalue weighted by atomic mass is 16.3. The largest absolute Gasteiger partial charge is 0.508 e. The quantitative estimate of drug-likeness (QED) is 0.633. The van der Waals surface area contributed by atoms with Crippen LogP contribution in [-0.4, -0.2) is 16.0 Å². The first-order valence-electron chi connectivity index (χ1n) is 6.80. The number of fused-ring (bicyclic) bond motifs is 1. The van der Waals surface area contributed by atoms with Gasteiger partial charge in [-0.3, -0.25) is 9.78 Å². The number of nitrogens with zero attached hydrogens (tertiary/aromatic N) is 1. The SMILES string of the molecule is Cc1cnc(C(=O)Nc2cccc(O)c2)c2cccc(N)c12. The maximum atomic E-state index is 12.5. The summed E-state index contributed by atoms with van der Waals surface area (Å²) in [7, 11) is 0. The fourth-order valence-corrected chi connectivity index (χ4v) is 2.46. The Kier molecular flexibility index (Phi) is 3.39. The summed E-state index contributed by atoms with van der Waals surface area (Å²) in [6.07, 6.45) is 1.63. The third-order valence-corrected chi connectivity index (χ3v) is 3.45. The van der Waals surface area contributed by atoms with Gasteiger partial charge in [-0.25, -0.2) is 0 Å². The molecule has 0 spiro atoms. The molecular formula is C17H15N3O2. The summed E-state index contributed by atoms with van der Waals surface area (Å²) in [5.74, 6) is -0.259. The van der Waals surface area contributed by atoms with Crippen molar-refractivity contribution in [3.05, 3.63) is 59.9 Å². The maximum absolute atomic E-state index is 12.5. The van der Waals surface area contributed by atoms with Crippen molar-refractivity contribution in [2.45, 2.75) is 6.92 Å². The number of hydrogen-bond acceptors (Lipinski definition) is 4. The predicted molar refractivity (Wildman–Crippen MR) is 87.0 cm³/mol. The normalized spacial score (nSPS) is 10.6. The lowest BCUT2D eigenvalue weighted by Gasteiger charge is -2.10. The van der Waals surface area contributed by atoms with Crippen molar-refractivity contribution >= 4 is 28.1 Å². The number of aromatic nitrogens is 1. The smallest absolute Gasteiger partial charge is 0.274 e. The zero-order valence-electron chi connectivity index (χ0n) is 12.0. The van der Waals surface area contributed by atoms with Gasteiger partial charge >= 0.3 is 0 Å². The molecule has 0 aliphatic rings. The van der Waals surface area contributed by atoms with Crippen molar-refractivity contribution in [3.8, 4) is 5.75 Å². The Morgan fingerprint density at radius 1 is 1.23 bits per heavy atom. The first-order chi connectivity index (χ1) is 10.6. The Balaban J connectivity index is 2.05. The molecule has 0 aliphatic heterocycles. The molecule has 0 bridgehead atoms. The summed E-state index contributed by atoms with van der Waals surface area (Å²) in [6, 6.07) is 11.8. The molecule has 22 heavy (non-hydrogen) atoms. The van der Waals surface area contributed by atoms with Crippen molar-refractivity contribution in [1.82, 2.24) is 4.98 Å². The fraction of sp³-hybridized carbons (Fsp3) is 0.0588. The second-order valence-corrected chi connectivity index (χ2v) is 5.06. The number of aromatic hydroxyl groups is 1. The molecule has 4 N–H and O–H groups in total. The molecule has 3 aromatic rings. The molecule has 1 heterocycles. The van der Waals surface area contributed by atoms with Crippen LogP contribution in [0.25, 0.3) is 10.8 Å². The van der Waals surface area contributed by atoms with Crippen LogP contribution in [0, 0.1) is 6.92 Å². The van der Waals surface area contributed by atoms with Crippen LogP contribution in [0.5, 0.6) is 5.75 Å². The van der Waals surface area contributed by atoms with Gasteiger partial charge in [0.2, 0.25) is 0 Å². The van der Waals surface area contributed by atoms with E-state index >= 15 is 0 Å². The first kappa shape index (κ1) is 13.9. The van der Waals surface area contributed by atoms with Crippen LogP contribution in [0.4, 0.5) is 11.4 Å². The van der Waals surface area contributed by atoms with Crippen LogP contribution < -0.4 is 11.1 Å². The van der Waals surface area contributed by atoms with E-state index in [0.29, 0.717) is 22.5 Å². The summed E-state index contributed by atoms with van der Waals surface area (Å²) >= 11 is 0. The average Bonchev–Trinajstić information content (AvgIpc) is 2.47. The van der Waals surface area contributed by atoms with Crippen molar-refractivity contribution < 1.29 is 9.90 Å². The summed E-state index contributed by atoms with van der Waals surface area (Å²) in [6.45, 7) is 1.91. The second-order valence-electron chi connectivity index (χ2n) is 5.06. The summed E-state index contributed by atoms with van der Waals surface area (Å²) in [5, 5.41) is 13.7. The molecule has 2 aromatic carbocycles. The lowest BCUT2D eigenvalue weighted by Crippen LogP contribution is -2.14. The standard InChI is InChI=1S/C17H15N3O2/c1-10-9-19-16(13-6-3-7-14(18)15(10)13)17(22)20-11-4-2-5-12(21)8-11/h2-9,21H,18H2,1H3,(H,20,22). The molecule has 0 aliphatic carbocycles. The monoisotopic (exact) mass is 293 g/mol. The highest BCUT2D eigenvalue weighted by Gasteiger charge is 2.14. The molecular weight excluding hydrogens is 278 g/mol. The zero-order valence-corrected chi connectivity index (χ0v) is 12.0. The molecule has 0 atom stereocenters. The van der Waals surface area contributed by atoms with E-state index in [-0.39, 0.29) is 11.7 Å². The Bertz CT molecular complexity index is 867. The number of benzene rings is 2. The Hall–Kier alpha value is -3.08. The molecule has 0 fully saturated rings. The molecule has 110 valence electrons. The number of nitrogen functional groups attached to an aromatic ring is 1. The number of carbonyl (C=O) groups is 1. The Morgan fingerprint density at radius 3 is 2.77 bits per heavy atom. The number of nitrogens with one attached hydrogen (secondary N) is 1. The predicted octanol–water partition coefficient (Wildman–Crippen LogP) is 3.08. The van der Waals surface area contributed by atoms with Gasteiger partial charge in [-0.05, 0) is 30.7 Å². The van der Waals surface area contributed by atoms with Gasteiger partial charge < -0.3 is 16.2 Å². The van der Waals surface area contributed by atoms with Gasteiger partial charge in [0.25, 0.3) is 5.91 Å². The molecule has 0 unspecified atom stereocenters. The Morgan fingerprint density at radius 2 is 2.00 bits per heavy atom. The minimum Gasteiger partial charge on any atom is -0.508 e. The van der Waals surface area contributed by atoms with Gasteiger partial charge in [-0.2, -0.15) is 0 Å². The van der Waals surface area contributed by atoms with Crippen LogP contribution in [0.3, 0.4) is 0 Å². The number of phenols is 1.